The van der Waals surface area contributed by atoms with Gasteiger partial charge in [-0.3, -0.25) is 4.79 Å². The van der Waals surface area contributed by atoms with Gasteiger partial charge in [0.2, 0.25) is 10.0 Å². The van der Waals surface area contributed by atoms with E-state index < -0.39 is 15.8 Å². The van der Waals surface area contributed by atoms with Gasteiger partial charge >= 0.3 is 0 Å². The average Bonchev–Trinajstić information content (AvgIpc) is 3.48. The number of sulfonamides is 1. The first-order valence-electron chi connectivity index (χ1n) is 8.54. The first kappa shape index (κ1) is 17.2. The van der Waals surface area contributed by atoms with Crippen LogP contribution in [0.4, 0.5) is 4.39 Å². The molecule has 26 heavy (non-hydrogen) atoms. The molecule has 0 aromatic heterocycles. The van der Waals surface area contributed by atoms with Gasteiger partial charge in [-0.05, 0) is 61.4 Å². The van der Waals surface area contributed by atoms with Crippen LogP contribution in [0.3, 0.4) is 0 Å². The fraction of sp³-hybridized carbons (Fsp3) is 0.316. The minimum atomic E-state index is -3.95. The molecule has 7 heteroatoms. The maximum absolute atomic E-state index is 14.3. The molecule has 5 nitrogen and oxygen atoms in total. The van der Waals surface area contributed by atoms with E-state index in [9.17, 15) is 17.6 Å². The molecule has 0 heterocycles. The maximum Gasteiger partial charge on any atom is 0.251 e. The molecule has 0 unspecified atom stereocenters. The molecule has 2 aliphatic carbocycles. The van der Waals surface area contributed by atoms with Crippen LogP contribution in [0, 0.1) is 11.7 Å². The van der Waals surface area contributed by atoms with Crippen molar-refractivity contribution in [1.82, 2.24) is 5.32 Å². The van der Waals surface area contributed by atoms with Crippen molar-refractivity contribution in [2.24, 2.45) is 11.1 Å². The Morgan fingerprint density at radius 3 is 2.27 bits per heavy atom. The molecule has 2 aliphatic rings. The Balaban J connectivity index is 1.53. The highest BCUT2D eigenvalue weighted by Gasteiger charge is 2.54. The van der Waals surface area contributed by atoms with Crippen LogP contribution in [-0.2, 0) is 10.0 Å². The number of carbonyl (C=O) groups excluding carboxylic acids is 1. The molecule has 0 bridgehead atoms. The highest BCUT2D eigenvalue weighted by Crippen LogP contribution is 2.53. The van der Waals surface area contributed by atoms with E-state index in [1.807, 2.05) is 0 Å². The fourth-order valence-electron chi connectivity index (χ4n) is 3.41. The van der Waals surface area contributed by atoms with Crippen molar-refractivity contribution in [3.8, 4) is 11.1 Å². The first-order valence-corrected chi connectivity index (χ1v) is 10.1. The third kappa shape index (κ3) is 3.24. The Hall–Kier alpha value is -2.25. The minimum absolute atomic E-state index is 0.00537. The van der Waals surface area contributed by atoms with E-state index in [0.717, 1.165) is 18.9 Å². The minimum Gasteiger partial charge on any atom is -0.346 e. The van der Waals surface area contributed by atoms with Gasteiger partial charge < -0.3 is 5.32 Å². The largest absolute Gasteiger partial charge is 0.346 e. The van der Waals surface area contributed by atoms with Gasteiger partial charge in [0.1, 0.15) is 5.82 Å². The maximum atomic E-state index is 14.3. The first-order chi connectivity index (χ1) is 12.3. The van der Waals surface area contributed by atoms with Crippen molar-refractivity contribution >= 4 is 15.9 Å². The lowest BCUT2D eigenvalue weighted by molar-refractivity contribution is 0.0925. The Kier molecular flexibility index (Phi) is 3.89. The molecule has 0 spiro atoms. The van der Waals surface area contributed by atoms with Crippen molar-refractivity contribution in [3.05, 3.63) is 53.8 Å². The van der Waals surface area contributed by atoms with Gasteiger partial charge in [-0.15, -0.1) is 0 Å². The van der Waals surface area contributed by atoms with Crippen LogP contribution in [0.1, 0.15) is 36.0 Å². The van der Waals surface area contributed by atoms with Crippen molar-refractivity contribution in [2.45, 2.75) is 36.1 Å². The topological polar surface area (TPSA) is 89.3 Å². The fourth-order valence-corrected chi connectivity index (χ4v) is 3.94. The van der Waals surface area contributed by atoms with Gasteiger partial charge in [-0.25, -0.2) is 17.9 Å². The van der Waals surface area contributed by atoms with Crippen molar-refractivity contribution in [3.63, 3.8) is 0 Å². The number of carbonyl (C=O) groups is 1. The zero-order valence-corrected chi connectivity index (χ0v) is 14.9. The summed E-state index contributed by atoms with van der Waals surface area (Å²) < 4.78 is 36.8. The molecule has 2 aromatic carbocycles. The zero-order chi connectivity index (χ0) is 18.5. The molecule has 2 aromatic rings. The van der Waals surface area contributed by atoms with Crippen LogP contribution in [0.2, 0.25) is 0 Å². The lowest BCUT2D eigenvalue weighted by Gasteiger charge is -2.16. The standard InChI is InChI=1S/C19H19FN2O3S/c20-17-11-15(26(21,24)25)7-8-16(17)12-1-3-13(4-2-12)18(23)22-19(9-10-19)14-5-6-14/h1-4,7-8,11,14H,5-6,9-10H2,(H,22,23)(H2,21,24,25). The van der Waals surface area contributed by atoms with E-state index in [4.69, 9.17) is 5.14 Å². The van der Waals surface area contributed by atoms with Gasteiger partial charge in [0, 0.05) is 16.7 Å². The Labute approximate surface area is 151 Å². The van der Waals surface area contributed by atoms with Crippen molar-refractivity contribution in [2.75, 3.05) is 0 Å². The smallest absolute Gasteiger partial charge is 0.251 e. The molecule has 4 rings (SSSR count). The summed E-state index contributed by atoms with van der Waals surface area (Å²) in [6, 6.07) is 10.2. The van der Waals surface area contributed by atoms with Crippen LogP contribution in [0.15, 0.2) is 47.4 Å². The highest BCUT2D eigenvalue weighted by molar-refractivity contribution is 7.89. The highest BCUT2D eigenvalue weighted by atomic mass is 32.2. The summed E-state index contributed by atoms with van der Waals surface area (Å²) in [6.07, 6.45) is 4.46. The summed E-state index contributed by atoms with van der Waals surface area (Å²) in [5.41, 5.74) is 1.34. The van der Waals surface area contributed by atoms with Crippen LogP contribution in [0.5, 0.6) is 0 Å². The third-order valence-electron chi connectivity index (χ3n) is 5.24. The van der Waals surface area contributed by atoms with E-state index in [1.54, 1.807) is 24.3 Å². The van der Waals surface area contributed by atoms with Gasteiger partial charge in [0.25, 0.3) is 5.91 Å². The molecule has 0 atom stereocenters. The summed E-state index contributed by atoms with van der Waals surface area (Å²) in [5, 5.41) is 8.16. The second-order valence-corrected chi connectivity index (χ2v) is 8.71. The Morgan fingerprint density at radius 2 is 1.77 bits per heavy atom. The number of halogens is 1. The summed E-state index contributed by atoms with van der Waals surface area (Å²) in [7, 11) is -3.95. The molecular weight excluding hydrogens is 355 g/mol. The lowest BCUT2D eigenvalue weighted by atomic mass is 10.0. The lowest BCUT2D eigenvalue weighted by Crippen LogP contribution is -2.38. The van der Waals surface area contributed by atoms with Crippen LogP contribution >= 0.6 is 0 Å². The SMILES string of the molecule is NS(=O)(=O)c1ccc(-c2ccc(C(=O)NC3(C4CC4)CC3)cc2)c(F)c1. The van der Waals surface area contributed by atoms with Gasteiger partial charge in [-0.1, -0.05) is 18.2 Å². The number of hydrogen-bond acceptors (Lipinski definition) is 3. The van der Waals surface area contributed by atoms with E-state index >= 15 is 0 Å². The summed E-state index contributed by atoms with van der Waals surface area (Å²) in [4.78, 5) is 12.2. The van der Waals surface area contributed by atoms with Crippen LogP contribution in [0.25, 0.3) is 11.1 Å². The van der Waals surface area contributed by atoms with Crippen LogP contribution < -0.4 is 10.5 Å². The average molecular weight is 374 g/mol. The van der Waals surface area contributed by atoms with Gasteiger partial charge in [-0.2, -0.15) is 0 Å². The number of primary sulfonamides is 1. The predicted octanol–water partition coefficient (Wildman–Crippen LogP) is 2.81. The summed E-state index contributed by atoms with van der Waals surface area (Å²) in [6.45, 7) is 0. The summed E-state index contributed by atoms with van der Waals surface area (Å²) >= 11 is 0. The number of hydrogen-bond donors (Lipinski definition) is 2. The van der Waals surface area contributed by atoms with E-state index in [0.29, 0.717) is 17.0 Å². The number of nitrogens with two attached hydrogens (primary N) is 1. The van der Waals surface area contributed by atoms with Crippen LogP contribution in [-0.4, -0.2) is 19.9 Å². The molecular formula is C19H19FN2O3S. The molecule has 136 valence electrons. The molecule has 3 N–H and O–H groups in total. The van der Waals surface area contributed by atoms with Gasteiger partial charge in [0.05, 0.1) is 4.90 Å². The molecule has 0 aliphatic heterocycles. The Bertz CT molecular complexity index is 978. The van der Waals surface area contributed by atoms with E-state index in [2.05, 4.69) is 5.32 Å². The Morgan fingerprint density at radius 1 is 1.12 bits per heavy atom. The van der Waals surface area contributed by atoms with E-state index in [-0.39, 0.29) is 21.9 Å². The summed E-state index contributed by atoms with van der Waals surface area (Å²) in [5.74, 6) is -0.164. The normalized spacial score (nSPS) is 18.4. The molecule has 2 fully saturated rings. The molecule has 2 saturated carbocycles. The third-order valence-corrected chi connectivity index (χ3v) is 6.15. The number of amides is 1. The monoisotopic (exact) mass is 374 g/mol. The quantitative estimate of drug-likeness (QED) is 0.843. The second kappa shape index (κ2) is 5.89. The zero-order valence-electron chi connectivity index (χ0n) is 14.0. The van der Waals surface area contributed by atoms with Crippen molar-refractivity contribution < 1.29 is 17.6 Å². The van der Waals surface area contributed by atoms with Crippen molar-refractivity contribution in [1.29, 1.82) is 0 Å². The van der Waals surface area contributed by atoms with E-state index in [1.165, 1.54) is 25.0 Å². The molecule has 0 saturated heterocycles. The number of rotatable bonds is 5. The second-order valence-electron chi connectivity index (χ2n) is 7.15. The number of nitrogens with one attached hydrogen (secondary N) is 1. The number of benzene rings is 2. The van der Waals surface area contributed by atoms with Gasteiger partial charge in [0.15, 0.2) is 0 Å². The predicted molar refractivity (Wildman–Crippen MR) is 95.4 cm³/mol. The molecule has 1 amide bonds. The molecule has 0 radical (unpaired) electrons.